The molecule has 2 amide bonds. The second kappa shape index (κ2) is 8.86. The largest absolute Gasteiger partial charge is 0.497 e. The maximum atomic E-state index is 12.9. The molecule has 8 heteroatoms. The van der Waals surface area contributed by atoms with E-state index in [4.69, 9.17) is 19.9 Å². The number of methoxy groups -OCH3 is 3. The van der Waals surface area contributed by atoms with Gasteiger partial charge in [0.05, 0.1) is 32.4 Å². The summed E-state index contributed by atoms with van der Waals surface area (Å²) in [4.78, 5) is 28.4. The van der Waals surface area contributed by atoms with E-state index >= 15 is 0 Å². The number of likely N-dealkylation sites (N-methyl/N-ethyl adjacent to an activating group) is 1. The van der Waals surface area contributed by atoms with E-state index in [-0.39, 0.29) is 30.9 Å². The Hall–Kier alpha value is -2.32. The summed E-state index contributed by atoms with van der Waals surface area (Å²) < 4.78 is 15.7. The van der Waals surface area contributed by atoms with Gasteiger partial charge in [-0.25, -0.2) is 0 Å². The van der Waals surface area contributed by atoms with Crippen LogP contribution in [0.15, 0.2) is 18.2 Å². The maximum Gasteiger partial charge on any atom is 0.249 e. The van der Waals surface area contributed by atoms with Crippen molar-refractivity contribution >= 4 is 17.5 Å². The molecule has 0 aromatic heterocycles. The number of nitrogens with two attached hydrogens (primary N) is 1. The Morgan fingerprint density at radius 2 is 1.88 bits per heavy atom. The molecule has 1 heterocycles. The summed E-state index contributed by atoms with van der Waals surface area (Å²) in [7, 11) is 6.28. The minimum atomic E-state index is -0.505. The Bertz CT molecular complexity index is 625. The van der Waals surface area contributed by atoms with Gasteiger partial charge in [-0.3, -0.25) is 9.59 Å². The van der Waals surface area contributed by atoms with E-state index in [1.807, 2.05) is 0 Å². The lowest BCUT2D eigenvalue weighted by Gasteiger charge is -2.25. The predicted octanol–water partition coefficient (Wildman–Crippen LogP) is 0.631. The van der Waals surface area contributed by atoms with Crippen molar-refractivity contribution in [1.82, 2.24) is 4.90 Å². The number of hydrogen-bond donors (Lipinski definition) is 1. The first-order chi connectivity index (χ1) is 12.4. The Balaban J connectivity index is 2.13. The standard InChI is InChI=1S/C18H27N3O5/c1-20(17(22)10-15(11-19)26-4)16-5-6-21(18(16)23)12-7-13(24-2)9-14(8-12)25-3/h7-9,15-16H,5-6,10-11,19H2,1-4H3. The molecule has 2 unspecified atom stereocenters. The Kier molecular flexibility index (Phi) is 6.82. The van der Waals surface area contributed by atoms with Crippen molar-refractivity contribution in [2.75, 3.05) is 46.4 Å². The highest BCUT2D eigenvalue weighted by atomic mass is 16.5. The lowest BCUT2D eigenvalue weighted by atomic mass is 10.1. The first-order valence-electron chi connectivity index (χ1n) is 8.48. The molecule has 2 atom stereocenters. The maximum absolute atomic E-state index is 12.9. The van der Waals surface area contributed by atoms with E-state index in [1.165, 1.54) is 12.0 Å². The number of carbonyl (C=O) groups excluding carboxylic acids is 2. The number of nitrogens with zero attached hydrogens (tertiary/aromatic N) is 2. The van der Waals surface area contributed by atoms with Crippen LogP contribution in [0.1, 0.15) is 12.8 Å². The van der Waals surface area contributed by atoms with Crippen LogP contribution in [0.4, 0.5) is 5.69 Å². The molecule has 26 heavy (non-hydrogen) atoms. The highest BCUT2D eigenvalue weighted by Crippen LogP contribution is 2.31. The minimum Gasteiger partial charge on any atom is -0.497 e. The molecular weight excluding hydrogens is 338 g/mol. The van der Waals surface area contributed by atoms with Crippen LogP contribution in [0.3, 0.4) is 0 Å². The molecule has 144 valence electrons. The first kappa shape index (κ1) is 20.0. The van der Waals surface area contributed by atoms with Gasteiger partial charge in [0.2, 0.25) is 11.8 Å². The van der Waals surface area contributed by atoms with E-state index in [0.717, 1.165) is 0 Å². The van der Waals surface area contributed by atoms with Crippen LogP contribution in [-0.2, 0) is 14.3 Å². The fourth-order valence-electron chi connectivity index (χ4n) is 3.00. The number of amides is 2. The predicted molar refractivity (Wildman–Crippen MR) is 97.5 cm³/mol. The highest BCUT2D eigenvalue weighted by molar-refractivity contribution is 6.01. The number of carbonyl (C=O) groups is 2. The van der Waals surface area contributed by atoms with E-state index in [2.05, 4.69) is 0 Å². The van der Waals surface area contributed by atoms with Gasteiger partial charge in [-0.05, 0) is 6.42 Å². The van der Waals surface area contributed by atoms with Crippen LogP contribution >= 0.6 is 0 Å². The monoisotopic (exact) mass is 365 g/mol. The summed E-state index contributed by atoms with van der Waals surface area (Å²) in [6, 6.07) is 4.80. The van der Waals surface area contributed by atoms with Gasteiger partial charge >= 0.3 is 0 Å². The highest BCUT2D eigenvalue weighted by Gasteiger charge is 2.37. The average Bonchev–Trinajstić information content (AvgIpc) is 3.05. The summed E-state index contributed by atoms with van der Waals surface area (Å²) in [6.07, 6.45) is 0.362. The van der Waals surface area contributed by atoms with Crippen molar-refractivity contribution in [2.24, 2.45) is 5.73 Å². The van der Waals surface area contributed by atoms with Crippen molar-refractivity contribution < 1.29 is 23.8 Å². The van der Waals surface area contributed by atoms with Gasteiger partial charge in [-0.1, -0.05) is 0 Å². The molecule has 1 aliphatic heterocycles. The zero-order chi connectivity index (χ0) is 19.3. The molecule has 0 saturated carbocycles. The molecule has 0 spiro atoms. The Labute approximate surface area is 153 Å². The molecule has 1 aromatic carbocycles. The van der Waals surface area contributed by atoms with Crippen molar-refractivity contribution in [2.45, 2.75) is 25.0 Å². The van der Waals surface area contributed by atoms with Crippen molar-refractivity contribution in [3.8, 4) is 11.5 Å². The molecule has 1 aliphatic rings. The zero-order valence-corrected chi connectivity index (χ0v) is 15.7. The van der Waals surface area contributed by atoms with Crippen LogP contribution in [0.25, 0.3) is 0 Å². The molecule has 2 N–H and O–H groups in total. The third-order valence-corrected chi connectivity index (χ3v) is 4.68. The van der Waals surface area contributed by atoms with Crippen LogP contribution in [0.2, 0.25) is 0 Å². The van der Waals surface area contributed by atoms with E-state index in [9.17, 15) is 9.59 Å². The smallest absolute Gasteiger partial charge is 0.249 e. The number of ether oxygens (including phenoxy) is 3. The minimum absolute atomic E-state index is 0.127. The molecule has 2 rings (SSSR count). The Morgan fingerprint density at radius 3 is 2.38 bits per heavy atom. The zero-order valence-electron chi connectivity index (χ0n) is 15.7. The van der Waals surface area contributed by atoms with Crippen molar-refractivity contribution in [3.05, 3.63) is 18.2 Å². The van der Waals surface area contributed by atoms with Crippen LogP contribution < -0.4 is 20.1 Å². The third kappa shape index (κ3) is 4.25. The molecular formula is C18H27N3O5. The van der Waals surface area contributed by atoms with Crippen molar-refractivity contribution in [1.29, 1.82) is 0 Å². The summed E-state index contributed by atoms with van der Waals surface area (Å²) in [6.45, 7) is 0.770. The van der Waals surface area contributed by atoms with Gasteiger partial charge in [-0.2, -0.15) is 0 Å². The van der Waals surface area contributed by atoms with Crippen molar-refractivity contribution in [3.63, 3.8) is 0 Å². The fourth-order valence-corrected chi connectivity index (χ4v) is 3.00. The topological polar surface area (TPSA) is 94.3 Å². The molecule has 0 bridgehead atoms. The number of benzene rings is 1. The molecule has 1 aromatic rings. The number of hydrogen-bond acceptors (Lipinski definition) is 6. The van der Waals surface area contributed by atoms with Gasteiger partial charge in [0.25, 0.3) is 0 Å². The quantitative estimate of drug-likeness (QED) is 0.726. The number of rotatable bonds is 8. The number of anilines is 1. The SMILES string of the molecule is COc1cc(OC)cc(N2CCC(N(C)C(=O)CC(CN)OC)C2=O)c1. The molecule has 1 fully saturated rings. The summed E-state index contributed by atoms with van der Waals surface area (Å²) in [5.74, 6) is 0.917. The lowest BCUT2D eigenvalue weighted by molar-refractivity contribution is -0.138. The molecule has 0 aliphatic carbocycles. The molecule has 1 saturated heterocycles. The first-order valence-corrected chi connectivity index (χ1v) is 8.48. The van der Waals surface area contributed by atoms with Gasteiger partial charge in [0.1, 0.15) is 17.5 Å². The van der Waals surface area contributed by atoms with Crippen LogP contribution in [0, 0.1) is 0 Å². The Morgan fingerprint density at radius 1 is 1.27 bits per heavy atom. The third-order valence-electron chi connectivity index (χ3n) is 4.68. The molecule has 0 radical (unpaired) electrons. The second-order valence-electron chi connectivity index (χ2n) is 6.17. The second-order valence-corrected chi connectivity index (χ2v) is 6.17. The average molecular weight is 365 g/mol. The van der Waals surface area contributed by atoms with E-state index in [0.29, 0.717) is 30.2 Å². The van der Waals surface area contributed by atoms with Gasteiger partial charge < -0.3 is 29.7 Å². The van der Waals surface area contributed by atoms with E-state index in [1.54, 1.807) is 44.4 Å². The lowest BCUT2D eigenvalue weighted by Crippen LogP contribution is -2.44. The van der Waals surface area contributed by atoms with Crippen LogP contribution in [-0.4, -0.2) is 70.3 Å². The van der Waals surface area contributed by atoms with E-state index < -0.39 is 6.04 Å². The van der Waals surface area contributed by atoms with Gasteiger partial charge in [0, 0.05) is 45.4 Å². The van der Waals surface area contributed by atoms with Gasteiger partial charge in [0.15, 0.2) is 0 Å². The normalized spacial score (nSPS) is 18.0. The van der Waals surface area contributed by atoms with Crippen LogP contribution in [0.5, 0.6) is 11.5 Å². The summed E-state index contributed by atoms with van der Waals surface area (Å²) >= 11 is 0. The molecule has 8 nitrogen and oxygen atoms in total. The van der Waals surface area contributed by atoms with Gasteiger partial charge in [-0.15, -0.1) is 0 Å². The summed E-state index contributed by atoms with van der Waals surface area (Å²) in [5, 5.41) is 0. The fraction of sp³-hybridized carbons (Fsp3) is 0.556. The summed E-state index contributed by atoms with van der Waals surface area (Å²) in [5.41, 5.74) is 6.26.